The number of benzene rings is 2. The molecule has 0 saturated heterocycles. The van der Waals surface area contributed by atoms with E-state index in [1.54, 1.807) is 30.3 Å². The van der Waals surface area contributed by atoms with Gasteiger partial charge in [-0.2, -0.15) is 0 Å². The second-order valence-electron chi connectivity index (χ2n) is 5.31. The average Bonchev–Trinajstić information content (AvgIpc) is 2.54. The van der Waals surface area contributed by atoms with Crippen LogP contribution in [0.2, 0.25) is 0 Å². The van der Waals surface area contributed by atoms with E-state index in [1.807, 2.05) is 0 Å². The zero-order chi connectivity index (χ0) is 18.4. The molecule has 2 rings (SSSR count). The van der Waals surface area contributed by atoms with Crippen LogP contribution in [-0.4, -0.2) is 31.6 Å². The molecule has 132 valence electrons. The third-order valence-electron chi connectivity index (χ3n) is 3.17. The van der Waals surface area contributed by atoms with Crippen LogP contribution in [-0.2, 0) is 21.2 Å². The Morgan fingerprint density at radius 3 is 2.48 bits per heavy atom. The molecule has 0 radical (unpaired) electrons. The lowest BCUT2D eigenvalue weighted by molar-refractivity contribution is -0.384. The molecule has 0 aliphatic heterocycles. The number of rotatable bonds is 7. The molecule has 0 fully saturated rings. The van der Waals surface area contributed by atoms with Gasteiger partial charge in [-0.1, -0.05) is 36.4 Å². The number of carbonyl (C=O) groups is 1. The number of sulfonamides is 1. The number of ether oxygens (including phenoxy) is 1. The van der Waals surface area contributed by atoms with Crippen molar-refractivity contribution < 1.29 is 22.9 Å². The molecule has 0 aliphatic rings. The van der Waals surface area contributed by atoms with Gasteiger partial charge in [-0.05, 0) is 18.1 Å². The molecule has 0 aliphatic carbocycles. The molecule has 0 spiro atoms. The first-order valence-electron chi connectivity index (χ1n) is 7.22. The van der Waals surface area contributed by atoms with Gasteiger partial charge in [0.15, 0.2) is 0 Å². The van der Waals surface area contributed by atoms with Crippen molar-refractivity contribution in [1.82, 2.24) is 4.72 Å². The van der Waals surface area contributed by atoms with Gasteiger partial charge in [-0.3, -0.25) is 10.1 Å². The summed E-state index contributed by atoms with van der Waals surface area (Å²) < 4.78 is 30.4. The summed E-state index contributed by atoms with van der Waals surface area (Å²) in [5.74, 6) is -0.887. The minimum Gasteiger partial charge on any atom is -0.425 e. The molecular weight excluding hydrogens is 348 g/mol. The van der Waals surface area contributed by atoms with Crippen LogP contribution in [0.3, 0.4) is 0 Å². The number of nitro groups is 1. The Hall–Kier alpha value is -2.78. The number of hydrogen-bond acceptors (Lipinski definition) is 6. The van der Waals surface area contributed by atoms with Crippen molar-refractivity contribution in [2.45, 2.75) is 12.5 Å². The van der Waals surface area contributed by atoms with Gasteiger partial charge >= 0.3 is 5.97 Å². The first kappa shape index (κ1) is 18.6. The molecule has 0 unspecified atom stereocenters. The molecule has 2 aromatic rings. The molecule has 0 bridgehead atoms. The monoisotopic (exact) mass is 364 g/mol. The molecule has 25 heavy (non-hydrogen) atoms. The SMILES string of the molecule is CS(=O)(=O)N[C@@H](Cc1ccccc1)C(=O)Oc1cccc([N+](=O)[O-])c1. The van der Waals surface area contributed by atoms with Gasteiger partial charge in [0.2, 0.25) is 10.0 Å². The lowest BCUT2D eigenvalue weighted by Crippen LogP contribution is -2.44. The van der Waals surface area contributed by atoms with Crippen molar-refractivity contribution in [3.63, 3.8) is 0 Å². The van der Waals surface area contributed by atoms with Crippen LogP contribution in [0.5, 0.6) is 5.75 Å². The lowest BCUT2D eigenvalue weighted by Gasteiger charge is -2.16. The van der Waals surface area contributed by atoms with Gasteiger partial charge in [-0.25, -0.2) is 17.9 Å². The normalized spacial score (nSPS) is 12.4. The summed E-state index contributed by atoms with van der Waals surface area (Å²) in [5, 5.41) is 10.8. The van der Waals surface area contributed by atoms with Gasteiger partial charge in [0, 0.05) is 6.07 Å². The molecule has 8 nitrogen and oxygen atoms in total. The van der Waals surface area contributed by atoms with Gasteiger partial charge in [0.1, 0.15) is 11.8 Å². The Labute approximate surface area is 144 Å². The quantitative estimate of drug-likeness (QED) is 0.346. The van der Waals surface area contributed by atoms with Crippen molar-refractivity contribution in [3.8, 4) is 5.75 Å². The van der Waals surface area contributed by atoms with Gasteiger partial charge in [0.25, 0.3) is 5.69 Å². The highest BCUT2D eigenvalue weighted by molar-refractivity contribution is 7.88. The van der Waals surface area contributed by atoms with Crippen LogP contribution in [0.1, 0.15) is 5.56 Å². The lowest BCUT2D eigenvalue weighted by atomic mass is 10.1. The van der Waals surface area contributed by atoms with E-state index in [-0.39, 0.29) is 17.9 Å². The predicted molar refractivity (Wildman–Crippen MR) is 90.6 cm³/mol. The van der Waals surface area contributed by atoms with Crippen LogP contribution < -0.4 is 9.46 Å². The number of esters is 1. The maximum atomic E-state index is 12.4. The second kappa shape index (κ2) is 7.86. The second-order valence-corrected chi connectivity index (χ2v) is 7.09. The first-order valence-corrected chi connectivity index (χ1v) is 9.11. The minimum absolute atomic E-state index is 0.0347. The Morgan fingerprint density at radius 2 is 1.88 bits per heavy atom. The van der Waals surface area contributed by atoms with Crippen LogP contribution in [0.15, 0.2) is 54.6 Å². The molecule has 0 heterocycles. The fourth-order valence-electron chi connectivity index (χ4n) is 2.13. The van der Waals surface area contributed by atoms with Crippen LogP contribution in [0, 0.1) is 10.1 Å². The van der Waals surface area contributed by atoms with Crippen molar-refractivity contribution in [2.24, 2.45) is 0 Å². The van der Waals surface area contributed by atoms with Gasteiger partial charge in [0.05, 0.1) is 17.2 Å². The van der Waals surface area contributed by atoms with Gasteiger partial charge in [-0.15, -0.1) is 0 Å². The number of non-ortho nitro benzene ring substituents is 1. The summed E-state index contributed by atoms with van der Waals surface area (Å²) in [6.45, 7) is 0. The third kappa shape index (κ3) is 5.98. The molecule has 9 heteroatoms. The topological polar surface area (TPSA) is 116 Å². The molecule has 0 saturated carbocycles. The molecule has 0 amide bonds. The van der Waals surface area contributed by atoms with E-state index in [1.165, 1.54) is 18.2 Å². The Balaban J connectivity index is 2.19. The molecular formula is C16H16N2O6S. The highest BCUT2D eigenvalue weighted by atomic mass is 32.2. The third-order valence-corrected chi connectivity index (χ3v) is 3.88. The van der Waals surface area contributed by atoms with E-state index in [9.17, 15) is 23.3 Å². The zero-order valence-electron chi connectivity index (χ0n) is 13.3. The number of nitro benzene ring substituents is 1. The maximum Gasteiger partial charge on any atom is 0.329 e. The summed E-state index contributed by atoms with van der Waals surface area (Å²) in [7, 11) is -3.66. The van der Waals surface area contributed by atoms with Crippen LogP contribution >= 0.6 is 0 Å². The number of hydrogen-bond donors (Lipinski definition) is 1. The summed E-state index contributed by atoms with van der Waals surface area (Å²) in [6, 6.07) is 12.8. The minimum atomic E-state index is -3.66. The summed E-state index contributed by atoms with van der Waals surface area (Å²) in [6.07, 6.45) is 1.02. The van der Waals surface area contributed by atoms with E-state index in [0.29, 0.717) is 0 Å². The molecule has 2 aromatic carbocycles. The Morgan fingerprint density at radius 1 is 1.20 bits per heavy atom. The van der Waals surface area contributed by atoms with E-state index >= 15 is 0 Å². The first-order chi connectivity index (χ1) is 11.7. The molecule has 0 aromatic heterocycles. The average molecular weight is 364 g/mol. The Kier molecular flexibility index (Phi) is 5.84. The number of nitrogens with zero attached hydrogens (tertiary/aromatic N) is 1. The van der Waals surface area contributed by atoms with Crippen molar-refractivity contribution in [2.75, 3.05) is 6.26 Å². The zero-order valence-corrected chi connectivity index (χ0v) is 14.1. The van der Waals surface area contributed by atoms with Crippen molar-refractivity contribution in [3.05, 3.63) is 70.3 Å². The maximum absolute atomic E-state index is 12.4. The van der Waals surface area contributed by atoms with E-state index in [4.69, 9.17) is 4.74 Å². The smallest absolute Gasteiger partial charge is 0.329 e. The standard InChI is InChI=1S/C16H16N2O6S/c1-25(22,23)17-15(10-12-6-3-2-4-7-12)16(19)24-14-9-5-8-13(11-14)18(20)21/h2-9,11,15,17H,10H2,1H3/t15-/m0/s1. The highest BCUT2D eigenvalue weighted by Crippen LogP contribution is 2.20. The van der Waals surface area contributed by atoms with E-state index in [2.05, 4.69) is 4.72 Å². The Bertz CT molecular complexity index is 867. The summed E-state index contributed by atoms with van der Waals surface area (Å²) in [4.78, 5) is 22.5. The fraction of sp³-hybridized carbons (Fsp3) is 0.188. The number of nitrogens with one attached hydrogen (secondary N) is 1. The summed E-state index contributed by atoms with van der Waals surface area (Å²) >= 11 is 0. The highest BCUT2D eigenvalue weighted by Gasteiger charge is 2.25. The van der Waals surface area contributed by atoms with Crippen LogP contribution in [0.4, 0.5) is 5.69 Å². The van der Waals surface area contributed by atoms with E-state index in [0.717, 1.165) is 17.9 Å². The molecule has 1 N–H and O–H groups in total. The predicted octanol–water partition coefficient (Wildman–Crippen LogP) is 1.66. The van der Waals surface area contributed by atoms with Gasteiger partial charge < -0.3 is 4.74 Å². The number of carbonyl (C=O) groups excluding carboxylic acids is 1. The van der Waals surface area contributed by atoms with Crippen molar-refractivity contribution >= 4 is 21.7 Å². The summed E-state index contributed by atoms with van der Waals surface area (Å²) in [5.41, 5.74) is 0.501. The van der Waals surface area contributed by atoms with Crippen molar-refractivity contribution in [1.29, 1.82) is 0 Å². The fourth-order valence-corrected chi connectivity index (χ4v) is 2.83. The van der Waals surface area contributed by atoms with E-state index < -0.39 is 27.0 Å². The molecule has 1 atom stereocenters. The van der Waals surface area contributed by atoms with Crippen LogP contribution in [0.25, 0.3) is 0 Å². The largest absolute Gasteiger partial charge is 0.425 e.